The molecule has 1 saturated carbocycles. The SMILES string of the molecule is O=C(c1cc2ccccc2o1)N(CCCl)C1CC1. The maximum absolute atomic E-state index is 12.4. The highest BCUT2D eigenvalue weighted by Crippen LogP contribution is 2.29. The first kappa shape index (κ1) is 11.6. The van der Waals surface area contributed by atoms with Crippen LogP contribution in [0.4, 0.5) is 0 Å². The molecule has 0 saturated heterocycles. The van der Waals surface area contributed by atoms with Crippen molar-refractivity contribution in [3.05, 3.63) is 36.1 Å². The number of alkyl halides is 1. The van der Waals surface area contributed by atoms with Gasteiger partial charge in [-0.2, -0.15) is 0 Å². The van der Waals surface area contributed by atoms with Crippen molar-refractivity contribution in [3.63, 3.8) is 0 Å². The number of benzene rings is 1. The van der Waals surface area contributed by atoms with Gasteiger partial charge >= 0.3 is 0 Å². The Balaban J connectivity index is 1.90. The molecule has 4 heteroatoms. The van der Waals surface area contributed by atoms with E-state index in [9.17, 15) is 4.79 Å². The van der Waals surface area contributed by atoms with Crippen LogP contribution in [-0.4, -0.2) is 29.3 Å². The van der Waals surface area contributed by atoms with Crippen molar-refractivity contribution in [3.8, 4) is 0 Å². The minimum absolute atomic E-state index is 0.0469. The first-order valence-corrected chi connectivity index (χ1v) is 6.68. The predicted octanol–water partition coefficient (Wildman–Crippen LogP) is 3.28. The Morgan fingerprint density at radius 2 is 2.17 bits per heavy atom. The fourth-order valence-electron chi connectivity index (χ4n) is 2.16. The number of nitrogens with zero attached hydrogens (tertiary/aromatic N) is 1. The highest BCUT2D eigenvalue weighted by atomic mass is 35.5. The summed E-state index contributed by atoms with van der Waals surface area (Å²) in [5, 5.41) is 0.961. The number of rotatable bonds is 4. The normalized spacial score (nSPS) is 14.9. The second kappa shape index (κ2) is 4.65. The van der Waals surface area contributed by atoms with Gasteiger partial charge in [-0.1, -0.05) is 18.2 Å². The van der Waals surface area contributed by atoms with Gasteiger partial charge in [0.15, 0.2) is 5.76 Å². The molecule has 0 aliphatic heterocycles. The Morgan fingerprint density at radius 3 is 2.83 bits per heavy atom. The molecular weight excluding hydrogens is 250 g/mol. The third-order valence-corrected chi connectivity index (χ3v) is 3.38. The standard InChI is InChI=1S/C14H14ClNO2/c15-7-8-16(11-5-6-11)14(17)13-9-10-3-1-2-4-12(10)18-13/h1-4,9,11H,5-8H2. The lowest BCUT2D eigenvalue weighted by Crippen LogP contribution is -2.34. The van der Waals surface area contributed by atoms with Gasteiger partial charge in [-0.15, -0.1) is 11.6 Å². The van der Waals surface area contributed by atoms with E-state index < -0.39 is 0 Å². The molecule has 1 aliphatic carbocycles. The van der Waals surface area contributed by atoms with Crippen LogP contribution in [-0.2, 0) is 0 Å². The smallest absolute Gasteiger partial charge is 0.289 e. The Hall–Kier alpha value is -1.48. The molecule has 1 amide bonds. The van der Waals surface area contributed by atoms with Crippen LogP contribution in [0, 0.1) is 0 Å². The zero-order chi connectivity index (χ0) is 12.5. The average Bonchev–Trinajstić information content (AvgIpc) is 3.13. The molecular formula is C14H14ClNO2. The van der Waals surface area contributed by atoms with Crippen molar-refractivity contribution in [2.24, 2.45) is 0 Å². The number of carbonyl (C=O) groups excluding carboxylic acids is 1. The van der Waals surface area contributed by atoms with Crippen LogP contribution in [0.25, 0.3) is 11.0 Å². The summed E-state index contributed by atoms with van der Waals surface area (Å²) in [5.41, 5.74) is 0.752. The lowest BCUT2D eigenvalue weighted by atomic mass is 10.2. The van der Waals surface area contributed by atoms with Crippen LogP contribution in [0.5, 0.6) is 0 Å². The highest BCUT2D eigenvalue weighted by Gasteiger charge is 2.33. The van der Waals surface area contributed by atoms with Crippen molar-refractivity contribution >= 4 is 28.5 Å². The summed E-state index contributed by atoms with van der Waals surface area (Å²) in [7, 11) is 0. The van der Waals surface area contributed by atoms with Gasteiger partial charge in [0.05, 0.1) is 0 Å². The van der Waals surface area contributed by atoms with Crippen molar-refractivity contribution in [1.82, 2.24) is 4.90 Å². The lowest BCUT2D eigenvalue weighted by molar-refractivity contribution is 0.0724. The van der Waals surface area contributed by atoms with Gasteiger partial charge in [-0.3, -0.25) is 4.79 Å². The third kappa shape index (κ3) is 2.10. The molecule has 0 radical (unpaired) electrons. The number of furan rings is 1. The summed E-state index contributed by atoms with van der Waals surface area (Å²) in [4.78, 5) is 14.2. The Morgan fingerprint density at radius 1 is 1.39 bits per heavy atom. The van der Waals surface area contributed by atoms with Crippen LogP contribution in [0.15, 0.2) is 34.7 Å². The molecule has 3 rings (SSSR count). The first-order chi connectivity index (χ1) is 8.79. The van der Waals surface area contributed by atoms with Gasteiger partial charge in [0, 0.05) is 23.9 Å². The maximum Gasteiger partial charge on any atom is 0.289 e. The molecule has 1 aromatic carbocycles. The highest BCUT2D eigenvalue weighted by molar-refractivity contribution is 6.18. The number of carbonyl (C=O) groups is 1. The predicted molar refractivity (Wildman–Crippen MR) is 71.0 cm³/mol. The molecule has 1 aromatic heterocycles. The summed E-state index contributed by atoms with van der Waals surface area (Å²) in [6.07, 6.45) is 2.14. The fraction of sp³-hybridized carbons (Fsp3) is 0.357. The largest absolute Gasteiger partial charge is 0.451 e. The van der Waals surface area contributed by atoms with Crippen LogP contribution in [0.1, 0.15) is 23.4 Å². The van der Waals surface area contributed by atoms with Gasteiger partial charge in [0.25, 0.3) is 5.91 Å². The van der Waals surface area contributed by atoms with Gasteiger partial charge in [-0.25, -0.2) is 0 Å². The van der Waals surface area contributed by atoms with E-state index in [0.717, 1.165) is 23.8 Å². The number of halogens is 1. The summed E-state index contributed by atoms with van der Waals surface area (Å²) in [5.74, 6) is 0.824. The maximum atomic E-state index is 12.4. The second-order valence-electron chi connectivity index (χ2n) is 4.57. The van der Waals surface area contributed by atoms with Crippen molar-refractivity contribution in [2.45, 2.75) is 18.9 Å². The molecule has 94 valence electrons. The Bertz CT molecular complexity index is 541. The molecule has 0 unspecified atom stereocenters. The summed E-state index contributed by atoms with van der Waals surface area (Å²) < 4.78 is 5.60. The van der Waals surface area contributed by atoms with E-state index in [1.54, 1.807) is 6.07 Å². The molecule has 3 nitrogen and oxygen atoms in total. The number of hydrogen-bond donors (Lipinski definition) is 0. The van der Waals surface area contributed by atoms with Gasteiger partial charge < -0.3 is 9.32 Å². The minimum atomic E-state index is -0.0469. The van der Waals surface area contributed by atoms with E-state index in [2.05, 4.69) is 0 Å². The van der Waals surface area contributed by atoms with Crippen molar-refractivity contribution < 1.29 is 9.21 Å². The van der Waals surface area contributed by atoms with Crippen LogP contribution in [0.2, 0.25) is 0 Å². The molecule has 18 heavy (non-hydrogen) atoms. The zero-order valence-corrected chi connectivity index (χ0v) is 10.7. The van der Waals surface area contributed by atoms with Gasteiger partial charge in [0.2, 0.25) is 0 Å². The number of hydrogen-bond acceptors (Lipinski definition) is 2. The van der Waals surface area contributed by atoms with Gasteiger partial charge in [0.1, 0.15) is 5.58 Å². The lowest BCUT2D eigenvalue weighted by Gasteiger charge is -2.19. The van der Waals surface area contributed by atoms with Crippen LogP contribution in [0.3, 0.4) is 0 Å². The quantitative estimate of drug-likeness (QED) is 0.793. The Kier molecular flexibility index (Phi) is 3.00. The fourth-order valence-corrected chi connectivity index (χ4v) is 2.34. The van der Waals surface area contributed by atoms with Crippen LogP contribution < -0.4 is 0 Å². The van der Waals surface area contributed by atoms with Crippen LogP contribution >= 0.6 is 11.6 Å². The molecule has 2 aromatic rings. The topological polar surface area (TPSA) is 33.5 Å². The molecule has 0 bridgehead atoms. The summed E-state index contributed by atoms with van der Waals surface area (Å²) >= 11 is 5.75. The van der Waals surface area contributed by atoms with E-state index in [1.807, 2.05) is 29.2 Å². The monoisotopic (exact) mass is 263 g/mol. The first-order valence-electron chi connectivity index (χ1n) is 6.15. The minimum Gasteiger partial charge on any atom is -0.451 e. The summed E-state index contributed by atoms with van der Waals surface area (Å²) in [6, 6.07) is 9.81. The second-order valence-corrected chi connectivity index (χ2v) is 4.95. The number of fused-ring (bicyclic) bond motifs is 1. The molecule has 0 atom stereocenters. The third-order valence-electron chi connectivity index (χ3n) is 3.21. The molecule has 0 spiro atoms. The van der Waals surface area contributed by atoms with E-state index in [-0.39, 0.29) is 5.91 Å². The van der Waals surface area contributed by atoms with Crippen molar-refractivity contribution in [1.29, 1.82) is 0 Å². The van der Waals surface area contributed by atoms with E-state index in [1.165, 1.54) is 0 Å². The van der Waals surface area contributed by atoms with E-state index in [0.29, 0.717) is 24.2 Å². The average molecular weight is 264 g/mol. The molecule has 1 aliphatic rings. The van der Waals surface area contributed by atoms with E-state index >= 15 is 0 Å². The van der Waals surface area contributed by atoms with E-state index in [4.69, 9.17) is 16.0 Å². The zero-order valence-electron chi connectivity index (χ0n) is 9.93. The number of amides is 1. The van der Waals surface area contributed by atoms with Crippen molar-refractivity contribution in [2.75, 3.05) is 12.4 Å². The number of para-hydroxylation sites is 1. The molecule has 1 heterocycles. The van der Waals surface area contributed by atoms with Gasteiger partial charge in [-0.05, 0) is 25.0 Å². The Labute approximate surface area is 110 Å². The molecule has 1 fully saturated rings. The summed E-state index contributed by atoms with van der Waals surface area (Å²) in [6.45, 7) is 0.585. The molecule has 0 N–H and O–H groups in total.